The maximum atomic E-state index is 12.1. The summed E-state index contributed by atoms with van der Waals surface area (Å²) in [5.74, 6) is -0.0900. The topological polar surface area (TPSA) is 58.4 Å². The molecule has 4 nitrogen and oxygen atoms in total. The van der Waals surface area contributed by atoms with Crippen LogP contribution in [0, 0.1) is 12.8 Å². The van der Waals surface area contributed by atoms with Gasteiger partial charge in [-0.15, -0.1) is 0 Å². The van der Waals surface area contributed by atoms with E-state index < -0.39 is 0 Å². The Kier molecular flexibility index (Phi) is 3.90. The molecule has 19 heavy (non-hydrogen) atoms. The smallest absolute Gasteiger partial charge is 0.231 e. The van der Waals surface area contributed by atoms with Crippen molar-refractivity contribution < 1.29 is 4.79 Å². The van der Waals surface area contributed by atoms with Crippen molar-refractivity contribution in [3.8, 4) is 0 Å². The molecule has 102 valence electrons. The third kappa shape index (κ3) is 3.15. The second kappa shape index (κ2) is 5.45. The third-order valence-corrected chi connectivity index (χ3v) is 3.44. The van der Waals surface area contributed by atoms with Crippen LogP contribution < -0.4 is 16.0 Å². The van der Waals surface area contributed by atoms with Crippen molar-refractivity contribution in [2.24, 2.45) is 11.7 Å². The molecule has 1 aromatic rings. The van der Waals surface area contributed by atoms with E-state index >= 15 is 0 Å². The molecule has 0 aromatic heterocycles. The third-order valence-electron chi connectivity index (χ3n) is 3.44. The van der Waals surface area contributed by atoms with E-state index in [-0.39, 0.29) is 17.9 Å². The summed E-state index contributed by atoms with van der Waals surface area (Å²) in [6, 6.07) is 6.01. The van der Waals surface area contributed by atoms with Crippen molar-refractivity contribution in [1.29, 1.82) is 0 Å². The lowest BCUT2D eigenvalue weighted by molar-refractivity contribution is -0.118. The molecule has 0 heterocycles. The first-order chi connectivity index (χ1) is 8.97. The molecule has 0 fully saturated rings. The van der Waals surface area contributed by atoms with Crippen LogP contribution in [0.15, 0.2) is 30.4 Å². The number of nitrogens with zero attached hydrogens (tertiary/aromatic N) is 1. The molecular weight excluding hydrogens is 238 g/mol. The fourth-order valence-corrected chi connectivity index (χ4v) is 2.21. The van der Waals surface area contributed by atoms with Crippen LogP contribution in [0.2, 0.25) is 0 Å². The molecule has 1 amide bonds. The summed E-state index contributed by atoms with van der Waals surface area (Å²) in [6.45, 7) is 2.00. The number of hydrogen-bond acceptors (Lipinski definition) is 3. The highest BCUT2D eigenvalue weighted by Crippen LogP contribution is 2.23. The Morgan fingerprint density at radius 3 is 2.63 bits per heavy atom. The van der Waals surface area contributed by atoms with Gasteiger partial charge in [-0.3, -0.25) is 4.79 Å². The first kappa shape index (κ1) is 13.6. The van der Waals surface area contributed by atoms with Gasteiger partial charge in [-0.2, -0.15) is 0 Å². The Hall–Kier alpha value is -1.81. The number of anilines is 2. The number of aryl methyl sites for hydroxylation is 1. The molecule has 1 aliphatic rings. The quantitative estimate of drug-likeness (QED) is 0.815. The SMILES string of the molecule is Cc1cc(N(C)C)ccc1NC(=O)C1C=CC(N)C1. The Morgan fingerprint density at radius 2 is 2.11 bits per heavy atom. The second-order valence-corrected chi connectivity index (χ2v) is 5.27. The molecule has 2 rings (SSSR count). The monoisotopic (exact) mass is 259 g/mol. The van der Waals surface area contributed by atoms with Crippen LogP contribution in [-0.2, 0) is 4.79 Å². The Morgan fingerprint density at radius 1 is 1.37 bits per heavy atom. The Labute approximate surface area is 114 Å². The van der Waals surface area contributed by atoms with E-state index in [0.717, 1.165) is 16.9 Å². The maximum Gasteiger partial charge on any atom is 0.231 e. The van der Waals surface area contributed by atoms with Crippen molar-refractivity contribution in [3.63, 3.8) is 0 Å². The highest BCUT2D eigenvalue weighted by molar-refractivity contribution is 5.94. The van der Waals surface area contributed by atoms with Crippen LogP contribution >= 0.6 is 0 Å². The Balaban J connectivity index is 2.07. The largest absolute Gasteiger partial charge is 0.378 e. The van der Waals surface area contributed by atoms with Crippen molar-refractivity contribution in [1.82, 2.24) is 0 Å². The van der Waals surface area contributed by atoms with Crippen molar-refractivity contribution in [2.75, 3.05) is 24.3 Å². The molecule has 0 radical (unpaired) electrons. The minimum Gasteiger partial charge on any atom is -0.378 e. The summed E-state index contributed by atoms with van der Waals surface area (Å²) in [5, 5.41) is 2.97. The van der Waals surface area contributed by atoms with Crippen LogP contribution in [0.4, 0.5) is 11.4 Å². The van der Waals surface area contributed by atoms with E-state index in [1.54, 1.807) is 0 Å². The van der Waals surface area contributed by atoms with E-state index in [1.165, 1.54) is 0 Å². The molecule has 0 saturated carbocycles. The molecule has 0 bridgehead atoms. The second-order valence-electron chi connectivity index (χ2n) is 5.27. The highest BCUT2D eigenvalue weighted by Gasteiger charge is 2.22. The van der Waals surface area contributed by atoms with Crippen LogP contribution in [0.1, 0.15) is 12.0 Å². The normalized spacial score (nSPS) is 21.5. The maximum absolute atomic E-state index is 12.1. The van der Waals surface area contributed by atoms with Crippen LogP contribution in [-0.4, -0.2) is 26.0 Å². The average molecular weight is 259 g/mol. The van der Waals surface area contributed by atoms with E-state index in [0.29, 0.717) is 6.42 Å². The van der Waals surface area contributed by atoms with Gasteiger partial charge in [0, 0.05) is 31.5 Å². The summed E-state index contributed by atoms with van der Waals surface area (Å²) in [7, 11) is 4.00. The lowest BCUT2D eigenvalue weighted by atomic mass is 10.1. The Bertz CT molecular complexity index is 508. The first-order valence-corrected chi connectivity index (χ1v) is 6.50. The fraction of sp³-hybridized carbons (Fsp3) is 0.400. The molecule has 0 saturated heterocycles. The minimum absolute atomic E-state index is 0.00737. The number of rotatable bonds is 3. The van der Waals surface area contributed by atoms with Gasteiger partial charge in [0.1, 0.15) is 0 Å². The predicted molar refractivity (Wildman–Crippen MR) is 79.4 cm³/mol. The van der Waals surface area contributed by atoms with Gasteiger partial charge in [-0.1, -0.05) is 12.2 Å². The predicted octanol–water partition coefficient (Wildman–Crippen LogP) is 1.90. The summed E-state index contributed by atoms with van der Waals surface area (Å²) < 4.78 is 0. The van der Waals surface area contributed by atoms with Gasteiger partial charge in [0.2, 0.25) is 5.91 Å². The van der Waals surface area contributed by atoms with Gasteiger partial charge in [0.15, 0.2) is 0 Å². The van der Waals surface area contributed by atoms with E-state index in [1.807, 2.05) is 50.2 Å². The molecule has 1 aliphatic carbocycles. The fourth-order valence-electron chi connectivity index (χ4n) is 2.21. The highest BCUT2D eigenvalue weighted by atomic mass is 16.1. The molecule has 2 unspecified atom stereocenters. The molecule has 1 aromatic carbocycles. The van der Waals surface area contributed by atoms with Gasteiger partial charge in [0.25, 0.3) is 0 Å². The summed E-state index contributed by atoms with van der Waals surface area (Å²) in [5.41, 5.74) is 8.82. The number of carbonyl (C=O) groups excluding carboxylic acids is 1. The zero-order chi connectivity index (χ0) is 14.0. The summed E-state index contributed by atoms with van der Waals surface area (Å²) in [4.78, 5) is 14.1. The van der Waals surface area contributed by atoms with Gasteiger partial charge in [-0.25, -0.2) is 0 Å². The lowest BCUT2D eigenvalue weighted by Gasteiger charge is -2.16. The van der Waals surface area contributed by atoms with Crippen LogP contribution in [0.3, 0.4) is 0 Å². The van der Waals surface area contributed by atoms with Gasteiger partial charge in [0.05, 0.1) is 5.92 Å². The van der Waals surface area contributed by atoms with Crippen molar-refractivity contribution in [2.45, 2.75) is 19.4 Å². The first-order valence-electron chi connectivity index (χ1n) is 6.50. The number of nitrogens with one attached hydrogen (secondary N) is 1. The number of amides is 1. The van der Waals surface area contributed by atoms with Gasteiger partial charge >= 0.3 is 0 Å². The van der Waals surface area contributed by atoms with Crippen molar-refractivity contribution in [3.05, 3.63) is 35.9 Å². The van der Waals surface area contributed by atoms with Gasteiger partial charge in [-0.05, 0) is 37.1 Å². The molecule has 2 atom stereocenters. The molecule has 0 spiro atoms. The van der Waals surface area contributed by atoms with E-state index in [2.05, 4.69) is 11.4 Å². The molecule has 4 heteroatoms. The molecular formula is C15H21N3O. The minimum atomic E-state index is -0.108. The zero-order valence-corrected chi connectivity index (χ0v) is 11.7. The average Bonchev–Trinajstić information content (AvgIpc) is 2.78. The summed E-state index contributed by atoms with van der Waals surface area (Å²) in [6.07, 6.45) is 4.48. The molecule has 3 N–H and O–H groups in total. The van der Waals surface area contributed by atoms with Crippen molar-refractivity contribution >= 4 is 17.3 Å². The molecule has 0 aliphatic heterocycles. The standard InChI is InChI=1S/C15H21N3O/c1-10-8-13(18(2)3)6-7-14(10)17-15(19)11-4-5-12(16)9-11/h4-8,11-12H,9,16H2,1-3H3,(H,17,19). The summed E-state index contributed by atoms with van der Waals surface area (Å²) >= 11 is 0. The van der Waals surface area contributed by atoms with Crippen LogP contribution in [0.5, 0.6) is 0 Å². The number of hydrogen-bond donors (Lipinski definition) is 2. The van der Waals surface area contributed by atoms with E-state index in [4.69, 9.17) is 5.73 Å². The zero-order valence-electron chi connectivity index (χ0n) is 11.7. The van der Waals surface area contributed by atoms with Gasteiger partial charge < -0.3 is 16.0 Å². The number of benzene rings is 1. The number of nitrogens with two attached hydrogens (primary N) is 1. The number of carbonyl (C=O) groups is 1. The van der Waals surface area contributed by atoms with E-state index in [9.17, 15) is 4.79 Å². The van der Waals surface area contributed by atoms with Crippen LogP contribution in [0.25, 0.3) is 0 Å². The lowest BCUT2D eigenvalue weighted by Crippen LogP contribution is -2.24.